The molecule has 4 N–H and O–H groups in total. The van der Waals surface area contributed by atoms with Gasteiger partial charge in [-0.05, 0) is 141 Å². The first-order valence-electron chi connectivity index (χ1n) is 42.5. The minimum atomic E-state index is -4.94. The molecule has 0 spiro atoms. The van der Waals surface area contributed by atoms with Crippen molar-refractivity contribution in [1.82, 2.24) is 0 Å². The van der Waals surface area contributed by atoms with Crippen LogP contribution in [0.3, 0.4) is 0 Å². The molecule has 0 aromatic carbocycles. The predicted molar refractivity (Wildman–Crippen MR) is 445 cm³/mol. The van der Waals surface area contributed by atoms with Gasteiger partial charge in [0.1, 0.15) is 25.4 Å². The third kappa shape index (κ3) is 82.5. The zero-order valence-electron chi connectivity index (χ0n) is 67.5. The molecule has 0 fully saturated rings. The van der Waals surface area contributed by atoms with Crippen LogP contribution in [0, 0.1) is 0 Å². The summed E-state index contributed by atoms with van der Waals surface area (Å²) in [6.45, 7) is 2.52. The number of unbranched alkanes of at least 4 members (excludes halogenated alkanes) is 35. The zero-order valence-corrected chi connectivity index (χ0v) is 69.3. The Kier molecular flexibility index (Phi) is 77.9. The van der Waals surface area contributed by atoms with Gasteiger partial charge in [-0.15, -0.1) is 0 Å². The van der Waals surface area contributed by atoms with E-state index in [0.29, 0.717) is 19.3 Å². The van der Waals surface area contributed by atoms with Gasteiger partial charge >= 0.3 is 33.6 Å². The lowest BCUT2D eigenvalue weighted by Gasteiger charge is -2.21. The van der Waals surface area contributed by atoms with E-state index in [4.69, 9.17) is 32.3 Å². The van der Waals surface area contributed by atoms with Crippen molar-refractivity contribution in [1.29, 1.82) is 0 Å². The summed E-state index contributed by atoms with van der Waals surface area (Å²) in [5.74, 6) is -1.60. The highest BCUT2D eigenvalue weighted by atomic mass is 31.2. The van der Waals surface area contributed by atoms with Crippen LogP contribution in [-0.4, -0.2) is 95.9 Å². The van der Waals surface area contributed by atoms with Gasteiger partial charge in [0.05, 0.1) is 26.4 Å². The Labute approximate surface area is 652 Å². The van der Waals surface area contributed by atoms with E-state index in [0.717, 1.165) is 167 Å². The Hall–Kier alpha value is -4.31. The summed E-state index contributed by atoms with van der Waals surface area (Å²) in [5.41, 5.74) is 0. The molecule has 0 saturated carbocycles. The fourth-order valence-corrected chi connectivity index (χ4v) is 13.0. The molecule has 0 heterocycles. The topological polar surface area (TPSA) is 231 Å². The lowest BCUT2D eigenvalue weighted by molar-refractivity contribution is -0.161. The predicted octanol–water partition coefficient (Wildman–Crippen LogP) is 25.4. The first-order chi connectivity index (χ1) is 52.2. The monoisotopic (exact) mass is 1540 g/mol. The summed E-state index contributed by atoms with van der Waals surface area (Å²) in [6.07, 6.45) is 99.3. The van der Waals surface area contributed by atoms with Gasteiger partial charge < -0.3 is 34.2 Å². The Morgan fingerprint density at radius 3 is 0.785 bits per heavy atom. The molecule has 107 heavy (non-hydrogen) atoms. The summed E-state index contributed by atoms with van der Waals surface area (Å²) in [6, 6.07) is 0. The summed E-state index contributed by atoms with van der Waals surface area (Å²) in [4.78, 5) is 58.8. The molecule has 18 heteroatoms. The first-order valence-corrected chi connectivity index (χ1v) is 45.5. The van der Waals surface area contributed by atoms with Crippen LogP contribution in [0.1, 0.15) is 355 Å². The van der Waals surface area contributed by atoms with Crippen molar-refractivity contribution in [2.45, 2.75) is 373 Å². The third-order valence-corrected chi connectivity index (χ3v) is 19.7. The number of phosphoric ester groups is 2. The van der Waals surface area contributed by atoms with Crippen LogP contribution in [0.5, 0.6) is 0 Å². The number of aliphatic hydroxyl groups excluding tert-OH is 2. The standard InChI is InChI=1S/C89H154O16P2/c1-4-7-10-13-16-19-22-25-28-31-34-35-36-37-38-39-40-41-42-43-44-45-46-47-50-52-54-57-60-63-66-69-72-75-87(92)99-78-84(90)79-101-106(95,96)102-80-85(91)81-103-107(97,98)104-83-86(105-89(94)77-74-71-68-65-62-59-56-53-49-33-30-27-24-21-18-15-12-9-6-3)82-100-88(93)76-73-70-67-64-61-58-55-51-48-32-29-26-23-20-17-14-11-8-5-2/h7,10,16-21,25-30,34-35,37-38,48-49,51,53,84-86,90-91H,4-6,8-9,11-15,22-24,31-33,36,39-47,50,52,54-83H2,1-3H3,(H,95,96)(H,97,98)/b10-7-,19-16-,20-17-,21-18-,28-25-,29-26-,30-27-,35-34-,38-37-,51-48-,53-49-. The quantitative estimate of drug-likeness (QED) is 0.0146. The average Bonchev–Trinajstić information content (AvgIpc) is 0.907. The molecule has 616 valence electrons. The smallest absolute Gasteiger partial charge is 0.463 e. The number of phosphoric acid groups is 2. The minimum absolute atomic E-state index is 0.0853. The van der Waals surface area contributed by atoms with Crippen LogP contribution in [0.2, 0.25) is 0 Å². The van der Waals surface area contributed by atoms with Gasteiger partial charge in [-0.2, -0.15) is 0 Å². The van der Waals surface area contributed by atoms with Crippen molar-refractivity contribution < 1.29 is 75.8 Å². The lowest BCUT2D eigenvalue weighted by atomic mass is 10.0. The van der Waals surface area contributed by atoms with Crippen LogP contribution < -0.4 is 0 Å². The van der Waals surface area contributed by atoms with Crippen LogP contribution >= 0.6 is 15.6 Å². The molecule has 0 aliphatic rings. The van der Waals surface area contributed by atoms with Crippen molar-refractivity contribution in [2.24, 2.45) is 0 Å². The van der Waals surface area contributed by atoms with Gasteiger partial charge in [-0.25, -0.2) is 9.13 Å². The number of ether oxygens (including phenoxy) is 3. The highest BCUT2D eigenvalue weighted by molar-refractivity contribution is 7.47. The molecule has 0 saturated heterocycles. The molecule has 0 rings (SSSR count). The Morgan fingerprint density at radius 1 is 0.271 bits per heavy atom. The maximum atomic E-state index is 13.0. The van der Waals surface area contributed by atoms with Gasteiger partial charge in [0.15, 0.2) is 6.10 Å². The fourth-order valence-electron chi connectivity index (χ4n) is 11.4. The van der Waals surface area contributed by atoms with Gasteiger partial charge in [0.25, 0.3) is 0 Å². The molecular weight excluding hydrogens is 1390 g/mol. The van der Waals surface area contributed by atoms with Crippen molar-refractivity contribution in [3.05, 3.63) is 134 Å². The summed E-state index contributed by atoms with van der Waals surface area (Å²) in [7, 11) is -9.80. The molecule has 0 aliphatic carbocycles. The van der Waals surface area contributed by atoms with Gasteiger partial charge in [0, 0.05) is 19.3 Å². The van der Waals surface area contributed by atoms with Crippen LogP contribution in [-0.2, 0) is 55.8 Å². The van der Waals surface area contributed by atoms with Gasteiger partial charge in [-0.3, -0.25) is 32.5 Å². The molecule has 0 aliphatic heterocycles. The molecular formula is C89H154O16P2. The zero-order chi connectivity index (χ0) is 78.0. The Bertz CT molecular complexity index is 2480. The highest BCUT2D eigenvalue weighted by Crippen LogP contribution is 2.45. The molecule has 5 atom stereocenters. The van der Waals surface area contributed by atoms with E-state index in [1.165, 1.54) is 128 Å². The molecule has 0 amide bonds. The van der Waals surface area contributed by atoms with E-state index >= 15 is 0 Å². The molecule has 16 nitrogen and oxygen atoms in total. The van der Waals surface area contributed by atoms with E-state index < -0.39 is 91.5 Å². The fraction of sp³-hybridized carbons (Fsp3) is 0.719. The number of esters is 3. The number of rotatable bonds is 80. The Morgan fingerprint density at radius 2 is 0.495 bits per heavy atom. The molecule has 5 unspecified atom stereocenters. The third-order valence-electron chi connectivity index (χ3n) is 17.8. The normalized spacial score (nSPS) is 14.6. The highest BCUT2D eigenvalue weighted by Gasteiger charge is 2.29. The molecule has 0 radical (unpaired) electrons. The maximum absolute atomic E-state index is 13.0. The van der Waals surface area contributed by atoms with Crippen LogP contribution in [0.15, 0.2) is 134 Å². The van der Waals surface area contributed by atoms with E-state index in [1.807, 2.05) is 0 Å². The summed E-state index contributed by atoms with van der Waals surface area (Å²) in [5, 5.41) is 20.7. The minimum Gasteiger partial charge on any atom is -0.463 e. The second kappa shape index (κ2) is 81.2. The number of carbonyl (C=O) groups is 3. The number of hydrogen-bond acceptors (Lipinski definition) is 14. The van der Waals surface area contributed by atoms with Crippen molar-refractivity contribution in [3.8, 4) is 0 Å². The summed E-state index contributed by atoms with van der Waals surface area (Å²) < 4.78 is 61.3. The number of hydrogen-bond donors (Lipinski definition) is 4. The van der Waals surface area contributed by atoms with Gasteiger partial charge in [0.2, 0.25) is 0 Å². The van der Waals surface area contributed by atoms with Crippen molar-refractivity contribution >= 4 is 33.6 Å². The second-order valence-corrected chi connectivity index (χ2v) is 31.2. The molecule has 0 aromatic heterocycles. The average molecular weight is 1540 g/mol. The second-order valence-electron chi connectivity index (χ2n) is 28.2. The number of aliphatic hydroxyl groups is 2. The molecule has 0 bridgehead atoms. The van der Waals surface area contributed by atoms with E-state index in [9.17, 15) is 43.5 Å². The van der Waals surface area contributed by atoms with Crippen LogP contribution in [0.25, 0.3) is 0 Å². The van der Waals surface area contributed by atoms with Crippen molar-refractivity contribution in [2.75, 3.05) is 39.6 Å². The van der Waals surface area contributed by atoms with Crippen molar-refractivity contribution in [3.63, 3.8) is 0 Å². The largest absolute Gasteiger partial charge is 0.472 e. The SMILES string of the molecule is CC/C=C\C/C=C\C/C=C\C/C=C\C/C=C\CCCCCCCCCCCCCCCCCCCC(=O)OCC(O)COP(=O)(O)OCC(O)COP(=O)(O)OCC(COC(=O)CCCCCCCC/C=C\C/C=C\C/C=C\CCCCC)OC(=O)CCCCCCCC/C=C\C/C=C\C/C=C\CCCCC. The van der Waals surface area contributed by atoms with E-state index in [2.05, 4.69) is 154 Å². The van der Waals surface area contributed by atoms with Crippen LogP contribution in [0.4, 0.5) is 0 Å². The lowest BCUT2D eigenvalue weighted by Crippen LogP contribution is -2.30. The Balaban J connectivity index is 4.50. The summed E-state index contributed by atoms with van der Waals surface area (Å²) >= 11 is 0. The number of carbonyl (C=O) groups excluding carboxylic acids is 3. The first kappa shape index (κ1) is 103. The molecule has 0 aromatic rings. The van der Waals surface area contributed by atoms with E-state index in [1.54, 1.807) is 0 Å². The number of allylic oxidation sites excluding steroid dienone is 22. The van der Waals surface area contributed by atoms with Gasteiger partial charge in [-0.1, -0.05) is 328 Å². The maximum Gasteiger partial charge on any atom is 0.472 e. The van der Waals surface area contributed by atoms with E-state index in [-0.39, 0.29) is 19.3 Å².